The minimum Gasteiger partial charge on any atom is -0.457 e. The summed E-state index contributed by atoms with van der Waals surface area (Å²) in [7, 11) is 0. The van der Waals surface area contributed by atoms with Crippen LogP contribution in [0.4, 0.5) is 0 Å². The van der Waals surface area contributed by atoms with Crippen molar-refractivity contribution < 1.29 is 9.30 Å². The lowest BCUT2D eigenvalue weighted by Crippen LogP contribution is -2.30. The monoisotopic (exact) mass is 608 g/mol. The summed E-state index contributed by atoms with van der Waals surface area (Å²) in [6.07, 6.45) is 2.00. The van der Waals surface area contributed by atoms with Crippen molar-refractivity contribution in [2.75, 3.05) is 0 Å². The Morgan fingerprint density at radius 1 is 0.468 bits per heavy atom. The van der Waals surface area contributed by atoms with Crippen LogP contribution < -0.4 is 9.30 Å². The van der Waals surface area contributed by atoms with Crippen LogP contribution >= 0.6 is 0 Å². The first kappa shape index (κ1) is 28.0. The molecule has 6 aromatic carbocycles. The van der Waals surface area contributed by atoms with Gasteiger partial charge in [0.05, 0.1) is 27.7 Å². The maximum absolute atomic E-state index is 6.43. The van der Waals surface area contributed by atoms with Crippen molar-refractivity contribution in [1.29, 1.82) is 0 Å². The van der Waals surface area contributed by atoms with Crippen LogP contribution in [0.2, 0.25) is 0 Å². The average Bonchev–Trinajstić information content (AvgIpc) is 3.80. The van der Waals surface area contributed by atoms with E-state index < -0.39 is 0 Å². The molecule has 2 heterocycles. The Morgan fingerprint density at radius 3 is 1.77 bits per heavy atom. The Morgan fingerprint density at radius 2 is 1.04 bits per heavy atom. The molecule has 2 aromatic heterocycles. The molecule has 0 spiro atoms. The van der Waals surface area contributed by atoms with Gasteiger partial charge in [0.2, 0.25) is 6.33 Å². The van der Waals surface area contributed by atoms with E-state index in [1.54, 1.807) is 0 Å². The fourth-order valence-corrected chi connectivity index (χ4v) is 5.67. The van der Waals surface area contributed by atoms with Crippen LogP contribution in [0.15, 0.2) is 182 Å². The van der Waals surface area contributed by atoms with Gasteiger partial charge in [0.1, 0.15) is 22.9 Å². The zero-order valence-electron chi connectivity index (χ0n) is 25.5. The van der Waals surface area contributed by atoms with E-state index in [2.05, 4.69) is 65.2 Å². The van der Waals surface area contributed by atoms with Crippen LogP contribution in [-0.4, -0.2) is 19.6 Å². The Hall–Kier alpha value is -6.53. The first-order valence-electron chi connectivity index (χ1n) is 15.5. The lowest BCUT2D eigenvalue weighted by atomic mass is 10.1. The van der Waals surface area contributed by atoms with Crippen molar-refractivity contribution in [3.8, 4) is 62.5 Å². The summed E-state index contributed by atoms with van der Waals surface area (Å²) < 4.78 is 12.4. The van der Waals surface area contributed by atoms with Gasteiger partial charge in [-0.1, -0.05) is 108 Å². The highest BCUT2D eigenvalue weighted by molar-refractivity contribution is 5.71. The first-order valence-corrected chi connectivity index (χ1v) is 15.5. The molecule has 6 heteroatoms. The number of rotatable bonds is 8. The third kappa shape index (κ3) is 5.83. The van der Waals surface area contributed by atoms with Crippen molar-refractivity contribution in [1.82, 2.24) is 19.6 Å². The molecular formula is C41H30N5O+. The normalized spacial score (nSPS) is 11.0. The number of ether oxygens (including phenoxy) is 1. The van der Waals surface area contributed by atoms with Crippen LogP contribution in [0.5, 0.6) is 11.5 Å². The number of hydrogen-bond acceptors (Lipinski definition) is 3. The zero-order chi connectivity index (χ0) is 31.4. The molecule has 0 atom stereocenters. The Kier molecular flexibility index (Phi) is 7.42. The molecule has 0 aliphatic heterocycles. The summed E-state index contributed by atoms with van der Waals surface area (Å²) in [5, 5.41) is 10.0. The molecule has 0 aliphatic rings. The summed E-state index contributed by atoms with van der Waals surface area (Å²) in [6, 6.07) is 59.2. The molecule has 0 N–H and O–H groups in total. The second-order valence-electron chi connectivity index (χ2n) is 11.1. The molecule has 0 saturated heterocycles. The molecule has 8 rings (SSSR count). The molecule has 8 aromatic rings. The molecule has 0 fully saturated rings. The number of aromatic nitrogens is 5. The second-order valence-corrected chi connectivity index (χ2v) is 11.1. The van der Waals surface area contributed by atoms with Crippen LogP contribution in [0.1, 0.15) is 0 Å². The van der Waals surface area contributed by atoms with Crippen LogP contribution in [-0.2, 0) is 0 Å². The van der Waals surface area contributed by atoms with Crippen molar-refractivity contribution in [2.24, 2.45) is 0 Å². The van der Waals surface area contributed by atoms with Gasteiger partial charge < -0.3 is 4.74 Å². The van der Waals surface area contributed by atoms with Gasteiger partial charge in [-0.25, -0.2) is 4.68 Å². The van der Waals surface area contributed by atoms with E-state index in [1.807, 2.05) is 131 Å². The van der Waals surface area contributed by atoms with Crippen molar-refractivity contribution in [3.63, 3.8) is 0 Å². The number of para-hydroxylation sites is 2. The maximum Gasteiger partial charge on any atom is 0.314 e. The van der Waals surface area contributed by atoms with Gasteiger partial charge in [0, 0.05) is 17.2 Å². The highest BCUT2D eigenvalue weighted by atomic mass is 16.5. The number of benzene rings is 6. The van der Waals surface area contributed by atoms with E-state index in [4.69, 9.17) is 14.9 Å². The molecule has 224 valence electrons. The highest BCUT2D eigenvalue weighted by Crippen LogP contribution is 2.32. The third-order valence-corrected chi connectivity index (χ3v) is 7.95. The highest BCUT2D eigenvalue weighted by Gasteiger charge is 2.22. The van der Waals surface area contributed by atoms with Gasteiger partial charge in [0.25, 0.3) is 0 Å². The fourth-order valence-electron chi connectivity index (χ4n) is 5.67. The number of nitrogens with zero attached hydrogens (tertiary/aromatic N) is 5. The lowest BCUT2D eigenvalue weighted by Gasteiger charge is -2.08. The van der Waals surface area contributed by atoms with E-state index in [0.29, 0.717) is 5.75 Å². The molecule has 0 unspecified atom stereocenters. The summed E-state index contributed by atoms with van der Waals surface area (Å²) in [4.78, 5) is 0. The minimum atomic E-state index is 0.711. The summed E-state index contributed by atoms with van der Waals surface area (Å²) in [6.45, 7) is 0. The molecule has 0 amide bonds. The van der Waals surface area contributed by atoms with Gasteiger partial charge in [-0.2, -0.15) is 9.67 Å². The van der Waals surface area contributed by atoms with Crippen molar-refractivity contribution in [2.45, 2.75) is 0 Å². The standard InChI is InChI=1S/C41H30N5O/c1-5-15-31(16-6-1)40-29-39(42-46(40)35-22-11-4-12-23-35)33-19-13-25-37(27-33)47-38-26-14-24-36(28-38)45-30-44(34-20-9-3-10-21-34)41(43-45)32-17-7-2-8-18-32/h1-30H/q+1. The SMILES string of the molecule is c1ccc(-c2cc(-c3cccc(Oc4cccc(-n5c[n+](-c6ccccc6)c(-c6ccccc6)n5)c4)c3)nn2-c2ccccc2)cc1. The van der Waals surface area contributed by atoms with E-state index in [-0.39, 0.29) is 0 Å². The van der Waals surface area contributed by atoms with E-state index in [1.165, 1.54) is 0 Å². The largest absolute Gasteiger partial charge is 0.457 e. The van der Waals surface area contributed by atoms with Crippen molar-refractivity contribution in [3.05, 3.63) is 182 Å². The van der Waals surface area contributed by atoms with Gasteiger partial charge >= 0.3 is 5.82 Å². The van der Waals surface area contributed by atoms with Crippen molar-refractivity contribution >= 4 is 0 Å². The second kappa shape index (κ2) is 12.5. The number of hydrogen-bond donors (Lipinski definition) is 0. The van der Waals surface area contributed by atoms with Gasteiger partial charge in [-0.15, -0.1) is 0 Å². The summed E-state index contributed by atoms with van der Waals surface area (Å²) >= 11 is 0. The van der Waals surface area contributed by atoms with Gasteiger partial charge in [-0.3, -0.25) is 0 Å². The third-order valence-electron chi connectivity index (χ3n) is 7.95. The zero-order valence-corrected chi connectivity index (χ0v) is 25.5. The minimum absolute atomic E-state index is 0.711. The van der Waals surface area contributed by atoms with E-state index in [9.17, 15) is 0 Å². The molecule has 0 radical (unpaired) electrons. The maximum atomic E-state index is 6.43. The summed E-state index contributed by atoms with van der Waals surface area (Å²) in [5.74, 6) is 2.28. The van der Waals surface area contributed by atoms with E-state index in [0.717, 1.165) is 56.7 Å². The van der Waals surface area contributed by atoms with Crippen LogP contribution in [0.3, 0.4) is 0 Å². The quantitative estimate of drug-likeness (QED) is 0.162. The fraction of sp³-hybridized carbons (Fsp3) is 0. The van der Waals surface area contributed by atoms with Gasteiger partial charge in [-0.05, 0) is 66.7 Å². The Balaban J connectivity index is 1.12. The molecule has 6 nitrogen and oxygen atoms in total. The molecule has 0 saturated carbocycles. The Labute approximate surface area is 273 Å². The first-order chi connectivity index (χ1) is 23.3. The van der Waals surface area contributed by atoms with Crippen LogP contribution in [0, 0.1) is 0 Å². The predicted molar refractivity (Wildman–Crippen MR) is 185 cm³/mol. The topological polar surface area (TPSA) is 48.8 Å². The van der Waals surface area contributed by atoms with E-state index >= 15 is 0 Å². The Bertz CT molecular complexity index is 1980. The lowest BCUT2D eigenvalue weighted by molar-refractivity contribution is -0.584. The summed E-state index contributed by atoms with van der Waals surface area (Å²) in [5.41, 5.74) is 7.91. The molecular weight excluding hydrogens is 578 g/mol. The molecule has 0 aliphatic carbocycles. The predicted octanol–water partition coefficient (Wildman–Crippen LogP) is 9.13. The molecule has 0 bridgehead atoms. The smallest absolute Gasteiger partial charge is 0.314 e. The van der Waals surface area contributed by atoms with Gasteiger partial charge in [0.15, 0.2) is 0 Å². The molecule has 47 heavy (non-hydrogen) atoms. The van der Waals surface area contributed by atoms with Crippen LogP contribution in [0.25, 0.3) is 51.0 Å². The average molecular weight is 609 g/mol.